The molecule has 32 heavy (non-hydrogen) atoms. The molecule has 1 aliphatic rings. The quantitative estimate of drug-likeness (QED) is 0.585. The van der Waals surface area contributed by atoms with Crippen molar-refractivity contribution in [2.75, 3.05) is 25.0 Å². The van der Waals surface area contributed by atoms with Crippen LogP contribution in [0.5, 0.6) is 0 Å². The second-order valence-electron chi connectivity index (χ2n) is 7.93. The Morgan fingerprint density at radius 1 is 1.31 bits per heavy atom. The number of hydrogen-bond acceptors (Lipinski definition) is 8. The highest BCUT2D eigenvalue weighted by Gasteiger charge is 2.30. The molecule has 2 amide bonds. The van der Waals surface area contributed by atoms with Crippen molar-refractivity contribution in [3.05, 3.63) is 40.5 Å². The maximum atomic E-state index is 13.5. The highest BCUT2D eigenvalue weighted by molar-refractivity contribution is 7.18. The standard InChI is InChI=1S/C21H24FN7O2S/c1-11(15-6-16(22)9-23-8-15)25-21-27-17(18-19(28-21)26-13(3)32-18)20(31)29-5-4-14(10-29)7-24-12(2)30/h6,8-9,11,14H,4-5,7,10H2,1-3H3,(H,24,30)(H,25,27,28)/t11?,14-/m1/s1. The van der Waals surface area contributed by atoms with Crippen molar-refractivity contribution in [1.29, 1.82) is 0 Å². The third-order valence-corrected chi connectivity index (χ3v) is 6.31. The number of nitrogens with zero attached hydrogens (tertiary/aromatic N) is 5. The number of aryl methyl sites for hydroxylation is 1. The highest BCUT2D eigenvalue weighted by Crippen LogP contribution is 2.28. The van der Waals surface area contributed by atoms with Crippen molar-refractivity contribution in [2.45, 2.75) is 33.2 Å². The number of halogens is 1. The Morgan fingerprint density at radius 3 is 2.88 bits per heavy atom. The van der Waals surface area contributed by atoms with Gasteiger partial charge in [-0.3, -0.25) is 14.6 Å². The molecule has 0 aromatic carbocycles. The van der Waals surface area contributed by atoms with E-state index in [1.165, 1.54) is 24.3 Å². The fourth-order valence-corrected chi connectivity index (χ4v) is 4.54. The molecule has 0 bridgehead atoms. The van der Waals surface area contributed by atoms with Gasteiger partial charge in [-0.05, 0) is 37.8 Å². The van der Waals surface area contributed by atoms with Gasteiger partial charge in [0.2, 0.25) is 11.9 Å². The number of anilines is 1. The minimum absolute atomic E-state index is 0.0780. The largest absolute Gasteiger partial charge is 0.356 e. The number of fused-ring (bicyclic) bond motifs is 1. The fourth-order valence-electron chi connectivity index (χ4n) is 3.70. The van der Waals surface area contributed by atoms with Gasteiger partial charge < -0.3 is 15.5 Å². The molecular formula is C21H24FN7O2S. The molecule has 3 aromatic rings. The van der Waals surface area contributed by atoms with Gasteiger partial charge >= 0.3 is 0 Å². The van der Waals surface area contributed by atoms with Crippen molar-refractivity contribution in [3.63, 3.8) is 0 Å². The molecule has 0 radical (unpaired) electrons. The van der Waals surface area contributed by atoms with Gasteiger partial charge in [-0.2, -0.15) is 4.98 Å². The topological polar surface area (TPSA) is 113 Å². The Labute approximate surface area is 188 Å². The molecule has 1 saturated heterocycles. The van der Waals surface area contributed by atoms with Crippen LogP contribution in [0.2, 0.25) is 0 Å². The van der Waals surface area contributed by atoms with Crippen LogP contribution in [0.3, 0.4) is 0 Å². The molecule has 3 aromatic heterocycles. The summed E-state index contributed by atoms with van der Waals surface area (Å²) in [6.45, 7) is 6.87. The monoisotopic (exact) mass is 457 g/mol. The van der Waals surface area contributed by atoms with E-state index < -0.39 is 5.82 Å². The molecule has 4 rings (SSSR count). The number of likely N-dealkylation sites (tertiary alicyclic amines) is 1. The highest BCUT2D eigenvalue weighted by atomic mass is 32.1. The normalized spacial score (nSPS) is 16.9. The van der Waals surface area contributed by atoms with Crippen molar-refractivity contribution >= 4 is 39.4 Å². The van der Waals surface area contributed by atoms with E-state index in [1.54, 1.807) is 11.1 Å². The molecule has 9 nitrogen and oxygen atoms in total. The summed E-state index contributed by atoms with van der Waals surface area (Å²) in [7, 11) is 0. The minimum atomic E-state index is -0.429. The minimum Gasteiger partial charge on any atom is -0.356 e. The van der Waals surface area contributed by atoms with Crippen LogP contribution in [-0.2, 0) is 4.79 Å². The average molecular weight is 458 g/mol. The molecule has 1 aliphatic heterocycles. The van der Waals surface area contributed by atoms with Gasteiger partial charge in [0.15, 0.2) is 11.3 Å². The molecular weight excluding hydrogens is 433 g/mol. The SMILES string of the molecule is CC(=O)NC[C@H]1CCN(C(=O)c2nc(NC(C)c3cncc(F)c3)nc3nc(C)sc23)C1. The average Bonchev–Trinajstić information content (AvgIpc) is 3.37. The lowest BCUT2D eigenvalue weighted by atomic mass is 10.1. The van der Waals surface area contributed by atoms with E-state index in [2.05, 4.69) is 30.6 Å². The second-order valence-corrected chi connectivity index (χ2v) is 9.13. The van der Waals surface area contributed by atoms with Gasteiger partial charge in [-0.1, -0.05) is 0 Å². The number of aromatic nitrogens is 4. The number of hydrogen-bond donors (Lipinski definition) is 2. The molecule has 1 unspecified atom stereocenters. The molecule has 168 valence electrons. The Kier molecular flexibility index (Phi) is 6.26. The van der Waals surface area contributed by atoms with E-state index in [1.807, 2.05) is 13.8 Å². The number of amides is 2. The van der Waals surface area contributed by atoms with Crippen LogP contribution >= 0.6 is 11.3 Å². The summed E-state index contributed by atoms with van der Waals surface area (Å²) >= 11 is 1.38. The first kappa shape index (κ1) is 22.0. The summed E-state index contributed by atoms with van der Waals surface area (Å²) in [6.07, 6.45) is 3.53. The van der Waals surface area contributed by atoms with Crippen molar-refractivity contribution < 1.29 is 14.0 Å². The number of nitrogens with one attached hydrogen (secondary N) is 2. The van der Waals surface area contributed by atoms with E-state index in [9.17, 15) is 14.0 Å². The fraction of sp³-hybridized carbons (Fsp3) is 0.429. The van der Waals surface area contributed by atoms with Gasteiger partial charge in [-0.15, -0.1) is 11.3 Å². The zero-order valence-electron chi connectivity index (χ0n) is 18.1. The molecule has 1 fully saturated rings. The van der Waals surface area contributed by atoms with E-state index >= 15 is 0 Å². The number of thiazole rings is 1. The second kappa shape index (κ2) is 9.11. The Balaban J connectivity index is 1.58. The molecule has 11 heteroatoms. The third kappa shape index (κ3) is 4.82. The zero-order chi connectivity index (χ0) is 22.8. The molecule has 0 saturated carbocycles. The Morgan fingerprint density at radius 2 is 2.12 bits per heavy atom. The van der Waals surface area contributed by atoms with Crippen LogP contribution < -0.4 is 10.6 Å². The van der Waals surface area contributed by atoms with Gasteiger partial charge in [0.1, 0.15) is 10.5 Å². The first-order valence-electron chi connectivity index (χ1n) is 10.4. The molecule has 2 atom stereocenters. The summed E-state index contributed by atoms with van der Waals surface area (Å²) in [5, 5.41) is 6.73. The van der Waals surface area contributed by atoms with Crippen molar-refractivity contribution in [3.8, 4) is 0 Å². The molecule has 4 heterocycles. The summed E-state index contributed by atoms with van der Waals surface area (Å²) in [5.41, 5.74) is 1.39. The number of carbonyl (C=O) groups is 2. The van der Waals surface area contributed by atoms with E-state index in [4.69, 9.17) is 0 Å². The van der Waals surface area contributed by atoms with Crippen molar-refractivity contribution in [1.82, 2.24) is 30.2 Å². The number of carbonyl (C=O) groups excluding carboxylic acids is 2. The lowest BCUT2D eigenvalue weighted by Gasteiger charge is -2.18. The van der Waals surface area contributed by atoms with Gasteiger partial charge in [-0.25, -0.2) is 14.4 Å². The first-order valence-corrected chi connectivity index (χ1v) is 11.2. The van der Waals surface area contributed by atoms with Crippen LogP contribution in [-0.4, -0.2) is 56.3 Å². The number of pyridine rings is 1. The lowest BCUT2D eigenvalue weighted by Crippen LogP contribution is -2.32. The third-order valence-electron chi connectivity index (χ3n) is 5.35. The summed E-state index contributed by atoms with van der Waals surface area (Å²) in [6, 6.07) is 1.06. The summed E-state index contributed by atoms with van der Waals surface area (Å²) in [4.78, 5) is 43.6. The van der Waals surface area contributed by atoms with E-state index in [0.29, 0.717) is 41.2 Å². The molecule has 2 N–H and O–H groups in total. The van der Waals surface area contributed by atoms with E-state index in [0.717, 1.165) is 17.6 Å². The zero-order valence-corrected chi connectivity index (χ0v) is 18.9. The van der Waals surface area contributed by atoms with Crippen molar-refractivity contribution in [2.24, 2.45) is 5.92 Å². The summed E-state index contributed by atoms with van der Waals surface area (Å²) < 4.78 is 14.2. The van der Waals surface area contributed by atoms with Crippen LogP contribution in [0.15, 0.2) is 18.5 Å². The Bertz CT molecular complexity index is 1170. The van der Waals surface area contributed by atoms with Crippen LogP contribution in [0, 0.1) is 18.7 Å². The lowest BCUT2D eigenvalue weighted by molar-refractivity contribution is -0.119. The molecule has 0 spiro atoms. The van der Waals surface area contributed by atoms with Crippen LogP contribution in [0.4, 0.5) is 10.3 Å². The predicted octanol–water partition coefficient (Wildman–Crippen LogP) is 2.70. The Hall–Kier alpha value is -3.21. The molecule has 0 aliphatic carbocycles. The van der Waals surface area contributed by atoms with Gasteiger partial charge in [0.05, 0.1) is 17.2 Å². The van der Waals surface area contributed by atoms with Crippen LogP contribution in [0.1, 0.15) is 47.4 Å². The smallest absolute Gasteiger partial charge is 0.274 e. The predicted molar refractivity (Wildman–Crippen MR) is 119 cm³/mol. The van der Waals surface area contributed by atoms with Gasteiger partial charge in [0, 0.05) is 32.8 Å². The number of rotatable bonds is 6. The summed E-state index contributed by atoms with van der Waals surface area (Å²) in [5.74, 6) is -0.236. The maximum Gasteiger partial charge on any atom is 0.274 e. The first-order chi connectivity index (χ1) is 15.3. The van der Waals surface area contributed by atoms with E-state index in [-0.39, 0.29) is 29.7 Å². The maximum absolute atomic E-state index is 13.5. The van der Waals surface area contributed by atoms with Gasteiger partial charge in [0.25, 0.3) is 5.91 Å². The van der Waals surface area contributed by atoms with Crippen LogP contribution in [0.25, 0.3) is 10.3 Å².